The van der Waals surface area contributed by atoms with Gasteiger partial charge in [0.05, 0.1) is 11.0 Å². The van der Waals surface area contributed by atoms with Gasteiger partial charge in [0, 0.05) is 24.6 Å². The lowest BCUT2D eigenvalue weighted by atomic mass is 10.2. The molecule has 0 radical (unpaired) electrons. The average Bonchev–Trinajstić information content (AvgIpc) is 2.41. The topological polar surface area (TPSA) is 41.6 Å². The Bertz CT molecular complexity index is 447. The maximum absolute atomic E-state index is 13.3. The minimum atomic E-state index is -0.268. The van der Waals surface area contributed by atoms with Gasteiger partial charge in [-0.25, -0.2) is 9.38 Å². The zero-order chi connectivity index (χ0) is 13.0. The molecule has 0 aromatic heterocycles. The highest BCUT2D eigenvalue weighted by molar-refractivity contribution is 9.10. The van der Waals surface area contributed by atoms with Crippen LogP contribution in [0, 0.1) is 5.82 Å². The van der Waals surface area contributed by atoms with E-state index in [1.54, 1.807) is 6.07 Å². The van der Waals surface area contributed by atoms with Crippen molar-refractivity contribution in [2.45, 2.75) is 6.54 Å². The van der Waals surface area contributed by atoms with E-state index in [-0.39, 0.29) is 5.82 Å². The third kappa shape index (κ3) is 3.62. The number of guanidine groups is 1. The normalized spacial score (nSPS) is 17.0. The van der Waals surface area contributed by atoms with E-state index < -0.39 is 0 Å². The summed E-state index contributed by atoms with van der Waals surface area (Å²) in [6, 6.07) is 5.01. The second-order valence-corrected chi connectivity index (χ2v) is 6.10. The molecule has 1 aliphatic heterocycles. The monoisotopic (exact) mass is 331 g/mol. The summed E-state index contributed by atoms with van der Waals surface area (Å²) in [5.41, 5.74) is 6.75. The maximum Gasteiger partial charge on any atom is 0.191 e. The molecule has 0 aliphatic carbocycles. The first-order valence-corrected chi connectivity index (χ1v) is 7.68. The van der Waals surface area contributed by atoms with Gasteiger partial charge in [-0.15, -0.1) is 0 Å². The van der Waals surface area contributed by atoms with Crippen LogP contribution in [0.15, 0.2) is 27.7 Å². The molecule has 6 heteroatoms. The van der Waals surface area contributed by atoms with Crippen molar-refractivity contribution >= 4 is 33.7 Å². The van der Waals surface area contributed by atoms with E-state index in [1.807, 2.05) is 17.8 Å². The molecule has 18 heavy (non-hydrogen) atoms. The minimum Gasteiger partial charge on any atom is -0.370 e. The summed E-state index contributed by atoms with van der Waals surface area (Å²) in [7, 11) is 0. The molecule has 0 atom stereocenters. The highest BCUT2D eigenvalue weighted by atomic mass is 79.9. The van der Waals surface area contributed by atoms with Gasteiger partial charge in [-0.2, -0.15) is 11.8 Å². The first-order valence-electron chi connectivity index (χ1n) is 5.73. The van der Waals surface area contributed by atoms with E-state index in [1.165, 1.54) is 6.07 Å². The molecule has 2 N–H and O–H groups in total. The van der Waals surface area contributed by atoms with E-state index in [0.717, 1.165) is 30.2 Å². The Morgan fingerprint density at radius 2 is 2.17 bits per heavy atom. The summed E-state index contributed by atoms with van der Waals surface area (Å²) >= 11 is 5.05. The number of benzene rings is 1. The fourth-order valence-electron chi connectivity index (χ4n) is 1.70. The van der Waals surface area contributed by atoms with Crippen LogP contribution in [0.1, 0.15) is 5.56 Å². The van der Waals surface area contributed by atoms with E-state index in [0.29, 0.717) is 17.0 Å². The molecule has 3 nitrogen and oxygen atoms in total. The Hall–Kier alpha value is -0.750. The van der Waals surface area contributed by atoms with Gasteiger partial charge in [-0.05, 0) is 33.6 Å². The van der Waals surface area contributed by atoms with Crippen LogP contribution < -0.4 is 5.73 Å². The Labute approximate surface area is 119 Å². The smallest absolute Gasteiger partial charge is 0.191 e. The lowest BCUT2D eigenvalue weighted by Crippen LogP contribution is -2.42. The van der Waals surface area contributed by atoms with Gasteiger partial charge in [0.15, 0.2) is 5.96 Å². The third-order valence-electron chi connectivity index (χ3n) is 2.74. The molecule has 0 saturated carbocycles. The summed E-state index contributed by atoms with van der Waals surface area (Å²) in [6.07, 6.45) is 0. The van der Waals surface area contributed by atoms with Crippen LogP contribution >= 0.6 is 27.7 Å². The fraction of sp³-hybridized carbons (Fsp3) is 0.417. The van der Waals surface area contributed by atoms with Gasteiger partial charge in [0.1, 0.15) is 5.82 Å². The molecule has 0 unspecified atom stereocenters. The molecule has 0 spiro atoms. The summed E-state index contributed by atoms with van der Waals surface area (Å²) in [4.78, 5) is 6.39. The van der Waals surface area contributed by atoms with Gasteiger partial charge >= 0.3 is 0 Å². The number of hydrogen-bond acceptors (Lipinski definition) is 2. The van der Waals surface area contributed by atoms with Gasteiger partial charge in [0.25, 0.3) is 0 Å². The van der Waals surface area contributed by atoms with Crippen LogP contribution in [0.3, 0.4) is 0 Å². The third-order valence-corrected chi connectivity index (χ3v) is 4.33. The Morgan fingerprint density at radius 3 is 2.83 bits per heavy atom. The second-order valence-electron chi connectivity index (χ2n) is 4.02. The quantitative estimate of drug-likeness (QED) is 0.668. The second kappa shape index (κ2) is 6.43. The van der Waals surface area contributed by atoms with Gasteiger partial charge in [-0.1, -0.05) is 6.07 Å². The molecule has 1 saturated heterocycles. The fourth-order valence-corrected chi connectivity index (χ4v) is 2.85. The van der Waals surface area contributed by atoms with Crippen molar-refractivity contribution in [3.8, 4) is 0 Å². The number of aliphatic imine (C=N–C) groups is 1. The largest absolute Gasteiger partial charge is 0.370 e. The Balaban J connectivity index is 1.98. The Kier molecular flexibility index (Phi) is 4.88. The van der Waals surface area contributed by atoms with E-state index >= 15 is 0 Å². The van der Waals surface area contributed by atoms with Crippen LogP contribution in [0.2, 0.25) is 0 Å². The number of rotatable bonds is 2. The summed E-state index contributed by atoms with van der Waals surface area (Å²) in [6.45, 7) is 2.29. The highest BCUT2D eigenvalue weighted by Crippen LogP contribution is 2.17. The molecule has 1 fully saturated rings. The average molecular weight is 332 g/mol. The lowest BCUT2D eigenvalue weighted by molar-refractivity contribution is 0.455. The number of halogens is 2. The molecule has 1 aliphatic rings. The molecule has 98 valence electrons. The predicted molar refractivity (Wildman–Crippen MR) is 78.3 cm³/mol. The van der Waals surface area contributed by atoms with Crippen molar-refractivity contribution in [2.75, 3.05) is 24.6 Å². The van der Waals surface area contributed by atoms with Crippen molar-refractivity contribution in [2.24, 2.45) is 10.7 Å². The number of thioether (sulfide) groups is 1. The molecule has 2 rings (SSSR count). The molecule has 0 bridgehead atoms. The van der Waals surface area contributed by atoms with Gasteiger partial charge < -0.3 is 10.6 Å². The van der Waals surface area contributed by atoms with Crippen LogP contribution in [0.5, 0.6) is 0 Å². The molecule has 1 aromatic carbocycles. The van der Waals surface area contributed by atoms with Crippen LogP contribution in [-0.4, -0.2) is 35.5 Å². The molecule has 1 aromatic rings. The van der Waals surface area contributed by atoms with Crippen molar-refractivity contribution in [1.29, 1.82) is 0 Å². The van der Waals surface area contributed by atoms with E-state index in [9.17, 15) is 4.39 Å². The zero-order valence-electron chi connectivity index (χ0n) is 9.90. The number of nitrogens with two attached hydrogens (primary N) is 1. The SMILES string of the molecule is NC(=NCc1ccc(Br)c(F)c1)N1CCSCC1. The van der Waals surface area contributed by atoms with E-state index in [4.69, 9.17) is 5.73 Å². The summed E-state index contributed by atoms with van der Waals surface area (Å²) < 4.78 is 13.8. The highest BCUT2D eigenvalue weighted by Gasteiger charge is 2.11. The standard InChI is InChI=1S/C12H15BrFN3S/c13-10-2-1-9(7-11(10)14)8-16-12(15)17-3-5-18-6-4-17/h1-2,7H,3-6,8H2,(H2,15,16). The molecule has 0 amide bonds. The summed E-state index contributed by atoms with van der Waals surface area (Å²) in [5, 5.41) is 0. The molecular formula is C12H15BrFN3S. The number of hydrogen-bond donors (Lipinski definition) is 1. The zero-order valence-corrected chi connectivity index (χ0v) is 12.3. The maximum atomic E-state index is 13.3. The predicted octanol–water partition coefficient (Wildman–Crippen LogP) is 2.45. The Morgan fingerprint density at radius 1 is 1.44 bits per heavy atom. The van der Waals surface area contributed by atoms with Crippen LogP contribution in [-0.2, 0) is 6.54 Å². The lowest BCUT2D eigenvalue weighted by Gasteiger charge is -2.27. The molecule has 1 heterocycles. The van der Waals surface area contributed by atoms with Gasteiger partial charge in [-0.3, -0.25) is 0 Å². The van der Waals surface area contributed by atoms with Crippen LogP contribution in [0.4, 0.5) is 4.39 Å². The van der Waals surface area contributed by atoms with Crippen molar-refractivity contribution < 1.29 is 4.39 Å². The van der Waals surface area contributed by atoms with E-state index in [2.05, 4.69) is 25.8 Å². The molecular weight excluding hydrogens is 317 g/mol. The van der Waals surface area contributed by atoms with Gasteiger partial charge in [0.2, 0.25) is 0 Å². The first-order chi connectivity index (χ1) is 8.66. The first kappa shape index (κ1) is 13.7. The number of nitrogens with zero attached hydrogens (tertiary/aromatic N) is 2. The van der Waals surface area contributed by atoms with Crippen LogP contribution in [0.25, 0.3) is 0 Å². The minimum absolute atomic E-state index is 0.268. The van der Waals surface area contributed by atoms with Crippen molar-refractivity contribution in [3.63, 3.8) is 0 Å². The van der Waals surface area contributed by atoms with Crippen molar-refractivity contribution in [3.05, 3.63) is 34.1 Å². The van der Waals surface area contributed by atoms with Crippen molar-refractivity contribution in [1.82, 2.24) is 4.90 Å². The summed E-state index contributed by atoms with van der Waals surface area (Å²) in [5.74, 6) is 2.46.